The van der Waals surface area contributed by atoms with Gasteiger partial charge in [0.1, 0.15) is 18.5 Å². The zero-order valence-corrected chi connectivity index (χ0v) is 10.4. The van der Waals surface area contributed by atoms with Gasteiger partial charge in [-0.3, -0.25) is 0 Å². The number of nitrogens with zero attached hydrogens (tertiary/aromatic N) is 5. The second-order valence-electron chi connectivity index (χ2n) is 3.89. The lowest BCUT2D eigenvalue weighted by atomic mass is 10.2. The maximum Gasteiger partial charge on any atom is 0.163 e. The number of rotatable bonds is 3. The molecule has 0 bridgehead atoms. The lowest BCUT2D eigenvalue weighted by Crippen LogP contribution is -2.04. The zero-order chi connectivity index (χ0) is 13.1. The van der Waals surface area contributed by atoms with Crippen molar-refractivity contribution in [2.45, 2.75) is 0 Å². The Morgan fingerprint density at radius 2 is 1.95 bits per heavy atom. The average Bonchev–Trinajstić information content (AvgIpc) is 3.02. The number of aromatic nitrogens is 5. The van der Waals surface area contributed by atoms with Crippen LogP contribution in [0.1, 0.15) is 0 Å². The van der Waals surface area contributed by atoms with Crippen molar-refractivity contribution in [3.8, 4) is 17.2 Å². The molecule has 0 saturated heterocycles. The molecule has 94 valence electrons. The van der Waals surface area contributed by atoms with Crippen LogP contribution in [0.5, 0.6) is 0 Å². The van der Waals surface area contributed by atoms with Gasteiger partial charge in [0.2, 0.25) is 0 Å². The highest BCUT2D eigenvalue weighted by molar-refractivity contribution is 5.58. The Morgan fingerprint density at radius 3 is 2.63 bits per heavy atom. The van der Waals surface area contributed by atoms with E-state index in [1.54, 1.807) is 11.0 Å². The Kier molecular flexibility index (Phi) is 2.89. The third-order valence-electron chi connectivity index (χ3n) is 2.65. The zero-order valence-electron chi connectivity index (χ0n) is 10.4. The molecule has 2 heterocycles. The summed E-state index contributed by atoms with van der Waals surface area (Å²) in [5, 5.41) is 7.11. The van der Waals surface area contributed by atoms with E-state index in [4.69, 9.17) is 0 Å². The molecule has 19 heavy (non-hydrogen) atoms. The van der Waals surface area contributed by atoms with E-state index < -0.39 is 0 Å². The lowest BCUT2D eigenvalue weighted by molar-refractivity contribution is 0.841. The first-order chi connectivity index (χ1) is 9.36. The van der Waals surface area contributed by atoms with E-state index in [9.17, 15) is 0 Å². The van der Waals surface area contributed by atoms with Crippen molar-refractivity contribution >= 4 is 5.82 Å². The van der Waals surface area contributed by atoms with E-state index >= 15 is 0 Å². The second-order valence-corrected chi connectivity index (χ2v) is 3.89. The fourth-order valence-corrected chi connectivity index (χ4v) is 1.72. The highest BCUT2D eigenvalue weighted by Gasteiger charge is 2.07. The number of benzene rings is 1. The van der Waals surface area contributed by atoms with Gasteiger partial charge in [-0.15, -0.1) is 0 Å². The van der Waals surface area contributed by atoms with Crippen molar-refractivity contribution in [1.82, 2.24) is 24.7 Å². The predicted molar refractivity (Wildman–Crippen MR) is 71.9 cm³/mol. The molecule has 0 unspecified atom stereocenters. The molecule has 2 aromatic heterocycles. The summed E-state index contributed by atoms with van der Waals surface area (Å²) in [6.45, 7) is 0. The number of anilines is 1. The van der Waals surface area contributed by atoms with Gasteiger partial charge in [-0.2, -0.15) is 5.10 Å². The summed E-state index contributed by atoms with van der Waals surface area (Å²) in [6, 6.07) is 11.6. The molecule has 0 saturated carbocycles. The molecular formula is C13H12N6. The van der Waals surface area contributed by atoms with Crippen molar-refractivity contribution in [3.05, 3.63) is 49.1 Å². The molecule has 1 aromatic carbocycles. The molecule has 0 amide bonds. The quantitative estimate of drug-likeness (QED) is 0.769. The molecule has 0 aliphatic carbocycles. The number of nitrogens with one attached hydrogen (secondary N) is 1. The fourth-order valence-electron chi connectivity index (χ4n) is 1.72. The number of hydrogen-bond donors (Lipinski definition) is 1. The maximum absolute atomic E-state index is 4.50. The first kappa shape index (κ1) is 11.3. The van der Waals surface area contributed by atoms with Crippen LogP contribution in [0.3, 0.4) is 0 Å². The van der Waals surface area contributed by atoms with Crippen LogP contribution >= 0.6 is 0 Å². The van der Waals surface area contributed by atoms with Gasteiger partial charge in [-0.1, -0.05) is 30.3 Å². The Bertz CT molecular complexity index is 663. The molecule has 0 fully saturated rings. The average molecular weight is 252 g/mol. The Labute approximate surface area is 110 Å². The molecule has 3 aromatic rings. The third kappa shape index (κ3) is 2.28. The van der Waals surface area contributed by atoms with Crippen LogP contribution in [-0.4, -0.2) is 31.8 Å². The minimum absolute atomic E-state index is 0.651. The summed E-state index contributed by atoms with van der Waals surface area (Å²) >= 11 is 0. The molecule has 1 N–H and O–H groups in total. The van der Waals surface area contributed by atoms with Crippen molar-refractivity contribution in [2.24, 2.45) is 0 Å². The van der Waals surface area contributed by atoms with Gasteiger partial charge < -0.3 is 5.32 Å². The van der Waals surface area contributed by atoms with Gasteiger partial charge in [0, 0.05) is 18.7 Å². The Morgan fingerprint density at radius 1 is 1.11 bits per heavy atom. The van der Waals surface area contributed by atoms with Crippen molar-refractivity contribution < 1.29 is 0 Å². The standard InChI is InChI=1S/C13H12N6/c1-14-11-7-12(19-9-15-8-16-19)18-13(17-11)10-5-3-2-4-6-10/h2-9H,1H3,(H,14,17,18). The van der Waals surface area contributed by atoms with Crippen LogP contribution in [0.25, 0.3) is 17.2 Å². The SMILES string of the molecule is CNc1cc(-n2cncn2)nc(-c2ccccc2)n1. The van der Waals surface area contributed by atoms with E-state index in [1.807, 2.05) is 43.4 Å². The lowest BCUT2D eigenvalue weighted by Gasteiger charge is -2.07. The maximum atomic E-state index is 4.50. The minimum Gasteiger partial charge on any atom is -0.373 e. The molecule has 0 radical (unpaired) electrons. The topological polar surface area (TPSA) is 68.5 Å². The molecule has 0 aliphatic rings. The smallest absolute Gasteiger partial charge is 0.163 e. The normalized spacial score (nSPS) is 10.4. The van der Waals surface area contributed by atoms with Crippen LogP contribution in [0.4, 0.5) is 5.82 Å². The molecule has 6 nitrogen and oxygen atoms in total. The second kappa shape index (κ2) is 4.85. The van der Waals surface area contributed by atoms with Gasteiger partial charge in [0.05, 0.1) is 0 Å². The van der Waals surface area contributed by atoms with Gasteiger partial charge in [-0.05, 0) is 0 Å². The van der Waals surface area contributed by atoms with E-state index in [0.717, 1.165) is 11.4 Å². The molecule has 6 heteroatoms. The van der Waals surface area contributed by atoms with E-state index in [2.05, 4.69) is 25.4 Å². The summed E-state index contributed by atoms with van der Waals surface area (Å²) in [6.07, 6.45) is 3.08. The van der Waals surface area contributed by atoms with Gasteiger partial charge in [-0.25, -0.2) is 19.6 Å². The van der Waals surface area contributed by atoms with Crippen LogP contribution in [-0.2, 0) is 0 Å². The highest BCUT2D eigenvalue weighted by atomic mass is 15.3. The monoisotopic (exact) mass is 252 g/mol. The van der Waals surface area contributed by atoms with Crippen LogP contribution < -0.4 is 5.32 Å². The first-order valence-corrected chi connectivity index (χ1v) is 5.84. The van der Waals surface area contributed by atoms with E-state index in [1.165, 1.54) is 6.33 Å². The van der Waals surface area contributed by atoms with Crippen molar-refractivity contribution in [3.63, 3.8) is 0 Å². The molecule has 3 rings (SSSR count). The van der Waals surface area contributed by atoms with Gasteiger partial charge in [0.15, 0.2) is 11.6 Å². The molecule has 0 spiro atoms. The summed E-state index contributed by atoms with van der Waals surface area (Å²) in [7, 11) is 1.82. The molecular weight excluding hydrogens is 240 g/mol. The van der Waals surface area contributed by atoms with Crippen molar-refractivity contribution in [1.29, 1.82) is 0 Å². The van der Waals surface area contributed by atoms with Crippen LogP contribution in [0.15, 0.2) is 49.1 Å². The fraction of sp³-hybridized carbons (Fsp3) is 0.0769. The predicted octanol–water partition coefficient (Wildman–Crippen LogP) is 1.77. The van der Waals surface area contributed by atoms with Crippen molar-refractivity contribution in [2.75, 3.05) is 12.4 Å². The minimum atomic E-state index is 0.651. The van der Waals surface area contributed by atoms with Gasteiger partial charge >= 0.3 is 0 Å². The molecule has 0 atom stereocenters. The summed E-state index contributed by atoms with van der Waals surface area (Å²) < 4.78 is 1.61. The van der Waals surface area contributed by atoms with Crippen LogP contribution in [0, 0.1) is 0 Å². The van der Waals surface area contributed by atoms with Crippen LogP contribution in [0.2, 0.25) is 0 Å². The Hall–Kier alpha value is -2.76. The Balaban J connectivity index is 2.13. The highest BCUT2D eigenvalue weighted by Crippen LogP contribution is 2.18. The first-order valence-electron chi connectivity index (χ1n) is 5.84. The summed E-state index contributed by atoms with van der Waals surface area (Å²) in [5.74, 6) is 2.06. The molecule has 0 aliphatic heterocycles. The summed E-state index contributed by atoms with van der Waals surface area (Å²) in [4.78, 5) is 12.9. The van der Waals surface area contributed by atoms with E-state index in [-0.39, 0.29) is 0 Å². The number of hydrogen-bond acceptors (Lipinski definition) is 5. The summed E-state index contributed by atoms with van der Waals surface area (Å²) in [5.41, 5.74) is 0.959. The van der Waals surface area contributed by atoms with Gasteiger partial charge in [0.25, 0.3) is 0 Å². The largest absolute Gasteiger partial charge is 0.373 e. The third-order valence-corrected chi connectivity index (χ3v) is 2.65. The van der Waals surface area contributed by atoms with E-state index in [0.29, 0.717) is 11.6 Å².